The van der Waals surface area contributed by atoms with Gasteiger partial charge in [0, 0.05) is 56.4 Å². The predicted molar refractivity (Wildman–Crippen MR) is 95.4 cm³/mol. The summed E-state index contributed by atoms with van der Waals surface area (Å²) in [6, 6.07) is 3.43. The van der Waals surface area contributed by atoms with Gasteiger partial charge in [-0.3, -0.25) is 10.1 Å². The number of hydrogen-bond acceptors (Lipinski definition) is 5. The van der Waals surface area contributed by atoms with Crippen molar-refractivity contribution in [3.05, 3.63) is 27.8 Å². The summed E-state index contributed by atoms with van der Waals surface area (Å²) in [5.74, 6) is 1.03. The summed E-state index contributed by atoms with van der Waals surface area (Å²) in [5, 5.41) is 11.1. The summed E-state index contributed by atoms with van der Waals surface area (Å²) in [6.45, 7) is 7.17. The lowest BCUT2D eigenvalue weighted by Crippen LogP contribution is -2.60. The second kappa shape index (κ2) is 6.76. The van der Waals surface area contributed by atoms with Crippen LogP contribution in [0.5, 0.6) is 5.75 Å². The highest BCUT2D eigenvalue weighted by molar-refractivity contribution is 6.18. The first kappa shape index (κ1) is 17.3. The molecule has 1 aromatic rings. The Morgan fingerprint density at radius 3 is 2.54 bits per heavy atom. The molecule has 0 aliphatic carbocycles. The number of halogens is 1. The number of piperidine rings is 1. The van der Waals surface area contributed by atoms with Crippen LogP contribution in [0.3, 0.4) is 0 Å². The van der Waals surface area contributed by atoms with E-state index in [0.29, 0.717) is 17.0 Å². The van der Waals surface area contributed by atoms with E-state index in [9.17, 15) is 10.1 Å². The molecule has 132 valence electrons. The Kier molecular flexibility index (Phi) is 4.88. The number of rotatable bonds is 5. The summed E-state index contributed by atoms with van der Waals surface area (Å²) in [6.07, 6.45) is 2.31. The first-order valence-corrected chi connectivity index (χ1v) is 8.88. The maximum Gasteiger partial charge on any atom is 0.311 e. The van der Waals surface area contributed by atoms with E-state index in [-0.39, 0.29) is 10.6 Å². The fourth-order valence-corrected chi connectivity index (χ4v) is 4.27. The molecule has 2 saturated heterocycles. The average molecular weight is 354 g/mol. The van der Waals surface area contributed by atoms with Gasteiger partial charge in [0.15, 0.2) is 5.75 Å². The van der Waals surface area contributed by atoms with Gasteiger partial charge in [0.05, 0.1) is 12.0 Å². The van der Waals surface area contributed by atoms with Crippen molar-refractivity contribution in [2.45, 2.75) is 19.8 Å². The van der Waals surface area contributed by atoms with Crippen LogP contribution < -0.4 is 9.64 Å². The molecule has 2 aliphatic rings. The number of benzene rings is 1. The molecule has 1 aromatic carbocycles. The standard InChI is InChI=1S/C17H24ClN3O3/c1-13-9-15(21(22)23)16(24-2)10-14(13)20-6-3-17(4-7-20)11-19(12-17)8-5-18/h9-10H,3-8,11-12H2,1-2H3. The van der Waals surface area contributed by atoms with Gasteiger partial charge >= 0.3 is 5.69 Å². The van der Waals surface area contributed by atoms with E-state index in [1.54, 1.807) is 6.07 Å². The molecular weight excluding hydrogens is 330 g/mol. The molecule has 0 amide bonds. The number of hydrogen-bond donors (Lipinski definition) is 0. The molecule has 2 fully saturated rings. The molecule has 0 unspecified atom stereocenters. The van der Waals surface area contributed by atoms with E-state index in [0.717, 1.165) is 56.8 Å². The zero-order valence-corrected chi connectivity index (χ0v) is 15.0. The zero-order valence-electron chi connectivity index (χ0n) is 14.3. The molecule has 6 nitrogen and oxygen atoms in total. The minimum Gasteiger partial charge on any atom is -0.490 e. The highest BCUT2D eigenvalue weighted by Crippen LogP contribution is 2.43. The largest absolute Gasteiger partial charge is 0.490 e. The summed E-state index contributed by atoms with van der Waals surface area (Å²) in [5.41, 5.74) is 2.45. The molecule has 24 heavy (non-hydrogen) atoms. The van der Waals surface area contributed by atoms with Crippen LogP contribution in [0.4, 0.5) is 11.4 Å². The quantitative estimate of drug-likeness (QED) is 0.462. The van der Waals surface area contributed by atoms with Gasteiger partial charge in [0.2, 0.25) is 0 Å². The van der Waals surface area contributed by atoms with Gasteiger partial charge in [-0.1, -0.05) is 0 Å². The number of ether oxygens (including phenoxy) is 1. The summed E-state index contributed by atoms with van der Waals surface area (Å²) < 4.78 is 5.22. The normalized spacial score (nSPS) is 20.0. The van der Waals surface area contributed by atoms with Crippen LogP contribution in [-0.2, 0) is 0 Å². The van der Waals surface area contributed by atoms with Crippen molar-refractivity contribution < 1.29 is 9.66 Å². The number of nitrogens with zero attached hydrogens (tertiary/aromatic N) is 3. The van der Waals surface area contributed by atoms with E-state index >= 15 is 0 Å². The van der Waals surface area contributed by atoms with Crippen molar-refractivity contribution in [1.82, 2.24) is 4.90 Å². The first-order chi connectivity index (χ1) is 11.5. The maximum atomic E-state index is 11.1. The summed E-state index contributed by atoms with van der Waals surface area (Å²) in [4.78, 5) is 15.5. The van der Waals surface area contributed by atoms with Gasteiger partial charge in [-0.25, -0.2) is 0 Å². The van der Waals surface area contributed by atoms with E-state index in [1.165, 1.54) is 7.11 Å². The lowest BCUT2D eigenvalue weighted by atomic mass is 9.72. The Hall–Kier alpha value is -1.53. The van der Waals surface area contributed by atoms with Crippen LogP contribution in [0, 0.1) is 22.5 Å². The molecule has 0 N–H and O–H groups in total. The van der Waals surface area contributed by atoms with E-state index in [2.05, 4.69) is 9.80 Å². The number of aryl methyl sites for hydroxylation is 1. The Morgan fingerprint density at radius 1 is 1.33 bits per heavy atom. The molecule has 0 aromatic heterocycles. The van der Waals surface area contributed by atoms with Crippen molar-refractivity contribution in [2.24, 2.45) is 5.41 Å². The molecule has 0 bridgehead atoms. The number of anilines is 1. The fourth-order valence-electron chi connectivity index (χ4n) is 4.03. The van der Waals surface area contributed by atoms with Crippen LogP contribution in [0.25, 0.3) is 0 Å². The third kappa shape index (κ3) is 3.17. The smallest absolute Gasteiger partial charge is 0.311 e. The first-order valence-electron chi connectivity index (χ1n) is 8.34. The molecule has 2 aliphatic heterocycles. The third-order valence-corrected chi connectivity index (χ3v) is 5.55. The zero-order chi connectivity index (χ0) is 17.3. The lowest BCUT2D eigenvalue weighted by Gasteiger charge is -2.54. The molecule has 0 atom stereocenters. The third-order valence-electron chi connectivity index (χ3n) is 5.38. The fraction of sp³-hybridized carbons (Fsp3) is 0.647. The van der Waals surface area contributed by atoms with Crippen LogP contribution in [-0.4, -0.2) is 55.5 Å². The van der Waals surface area contributed by atoms with Crippen molar-refractivity contribution in [2.75, 3.05) is 50.6 Å². The molecule has 2 heterocycles. The topological polar surface area (TPSA) is 58.8 Å². The number of nitro groups is 1. The molecule has 3 rings (SSSR count). The van der Waals surface area contributed by atoms with Crippen molar-refractivity contribution in [3.8, 4) is 5.75 Å². The van der Waals surface area contributed by atoms with Gasteiger partial charge in [-0.2, -0.15) is 0 Å². The average Bonchev–Trinajstić information content (AvgIpc) is 2.54. The monoisotopic (exact) mass is 353 g/mol. The summed E-state index contributed by atoms with van der Waals surface area (Å²) >= 11 is 5.81. The number of nitro benzene ring substituents is 1. The highest BCUT2D eigenvalue weighted by atomic mass is 35.5. The Balaban J connectivity index is 1.70. The molecule has 1 spiro atoms. The van der Waals surface area contributed by atoms with E-state index in [1.807, 2.05) is 13.0 Å². The SMILES string of the molecule is COc1cc(N2CCC3(CC2)CN(CCCl)C3)c(C)cc1[N+](=O)[O-]. The molecule has 7 heteroatoms. The minimum absolute atomic E-state index is 0.0305. The van der Waals surface area contributed by atoms with Crippen molar-refractivity contribution >= 4 is 23.0 Å². The van der Waals surface area contributed by atoms with Gasteiger partial charge in [0.25, 0.3) is 0 Å². The number of alkyl halides is 1. The van der Waals surface area contributed by atoms with Crippen LogP contribution in [0.2, 0.25) is 0 Å². The van der Waals surface area contributed by atoms with E-state index < -0.39 is 0 Å². The second-order valence-electron chi connectivity index (χ2n) is 6.95. The van der Waals surface area contributed by atoms with Crippen molar-refractivity contribution in [1.29, 1.82) is 0 Å². The summed E-state index contributed by atoms with van der Waals surface area (Å²) in [7, 11) is 1.48. The molecule has 0 radical (unpaired) electrons. The van der Waals surface area contributed by atoms with Crippen molar-refractivity contribution in [3.63, 3.8) is 0 Å². The number of methoxy groups -OCH3 is 1. The van der Waals surface area contributed by atoms with Gasteiger partial charge in [-0.15, -0.1) is 11.6 Å². The lowest BCUT2D eigenvalue weighted by molar-refractivity contribution is -0.385. The number of likely N-dealkylation sites (tertiary alicyclic amines) is 1. The highest BCUT2D eigenvalue weighted by Gasteiger charge is 2.44. The maximum absolute atomic E-state index is 11.1. The van der Waals surface area contributed by atoms with E-state index in [4.69, 9.17) is 16.3 Å². The predicted octanol–water partition coefficient (Wildman–Crippen LogP) is 3.05. The van der Waals surface area contributed by atoms with Gasteiger partial charge < -0.3 is 14.5 Å². The second-order valence-corrected chi connectivity index (χ2v) is 7.33. The Morgan fingerprint density at radius 2 is 2.00 bits per heavy atom. The molecule has 0 saturated carbocycles. The van der Waals surface area contributed by atoms with Gasteiger partial charge in [-0.05, 0) is 30.7 Å². The Bertz CT molecular complexity index is 622. The van der Waals surface area contributed by atoms with Crippen LogP contribution in [0.15, 0.2) is 12.1 Å². The Labute approximate surface area is 147 Å². The van der Waals surface area contributed by atoms with Crippen LogP contribution >= 0.6 is 11.6 Å². The van der Waals surface area contributed by atoms with Crippen LogP contribution in [0.1, 0.15) is 18.4 Å². The molecular formula is C17H24ClN3O3. The van der Waals surface area contributed by atoms with Gasteiger partial charge in [0.1, 0.15) is 0 Å². The minimum atomic E-state index is -0.388.